The van der Waals surface area contributed by atoms with E-state index in [9.17, 15) is 9.59 Å². The molecule has 1 aliphatic rings. The summed E-state index contributed by atoms with van der Waals surface area (Å²) in [5.74, 6) is -1.14. The summed E-state index contributed by atoms with van der Waals surface area (Å²) >= 11 is 0. The molecule has 2 heterocycles. The molecule has 1 aliphatic heterocycles. The van der Waals surface area contributed by atoms with E-state index in [1.807, 2.05) is 0 Å². The third-order valence-electron chi connectivity index (χ3n) is 3.72. The Morgan fingerprint density at radius 2 is 2.25 bits per heavy atom. The van der Waals surface area contributed by atoms with Gasteiger partial charge in [0.15, 0.2) is 0 Å². The van der Waals surface area contributed by atoms with Gasteiger partial charge in [0.05, 0.1) is 11.3 Å². The molecule has 1 aromatic rings. The monoisotopic (exact) mass is 279 g/mol. The van der Waals surface area contributed by atoms with Crippen LogP contribution in [0.1, 0.15) is 48.7 Å². The van der Waals surface area contributed by atoms with Crippen molar-refractivity contribution in [3.05, 3.63) is 17.5 Å². The molecule has 0 saturated carbocycles. The number of carboxylic acids is 1. The first-order chi connectivity index (χ1) is 9.54. The standard InChI is InChI=1S/C14H21N3O3/c1-3-4-7-16-9-11(10(2)15-16)13(18)17-8-5-6-12(17)14(19)20/h9,12H,3-8H2,1-2H3,(H,19,20)/t12-/m0/s1. The molecule has 6 nitrogen and oxygen atoms in total. The zero-order valence-electron chi connectivity index (χ0n) is 12.0. The van der Waals surface area contributed by atoms with E-state index in [1.165, 1.54) is 4.90 Å². The fourth-order valence-corrected chi connectivity index (χ4v) is 2.58. The molecular weight excluding hydrogens is 258 g/mol. The molecule has 2 rings (SSSR count). The van der Waals surface area contributed by atoms with Crippen LogP contribution < -0.4 is 0 Å². The molecule has 1 fully saturated rings. The van der Waals surface area contributed by atoms with Gasteiger partial charge in [0, 0.05) is 19.3 Å². The van der Waals surface area contributed by atoms with Gasteiger partial charge in [0.2, 0.25) is 0 Å². The Labute approximate surface area is 118 Å². The Hall–Kier alpha value is -1.85. The minimum atomic E-state index is -0.924. The highest BCUT2D eigenvalue weighted by Crippen LogP contribution is 2.21. The Kier molecular flexibility index (Phi) is 4.42. The lowest BCUT2D eigenvalue weighted by Gasteiger charge is -2.20. The number of carboxylic acid groups (broad SMARTS) is 1. The summed E-state index contributed by atoms with van der Waals surface area (Å²) in [6.07, 6.45) is 5.09. The van der Waals surface area contributed by atoms with Crippen molar-refractivity contribution in [1.82, 2.24) is 14.7 Å². The van der Waals surface area contributed by atoms with E-state index >= 15 is 0 Å². The predicted octanol–water partition coefficient (Wildman–Crippen LogP) is 1.68. The highest BCUT2D eigenvalue weighted by molar-refractivity contribution is 5.97. The maximum atomic E-state index is 12.5. The number of amides is 1. The number of nitrogens with zero attached hydrogens (tertiary/aromatic N) is 3. The van der Waals surface area contributed by atoms with Gasteiger partial charge in [-0.15, -0.1) is 0 Å². The number of unbranched alkanes of at least 4 members (excludes halogenated alkanes) is 1. The molecule has 0 aliphatic carbocycles. The smallest absolute Gasteiger partial charge is 0.326 e. The van der Waals surface area contributed by atoms with Crippen LogP contribution in [0, 0.1) is 6.92 Å². The van der Waals surface area contributed by atoms with Crippen molar-refractivity contribution >= 4 is 11.9 Å². The fraction of sp³-hybridized carbons (Fsp3) is 0.643. The number of aromatic nitrogens is 2. The second-order valence-corrected chi connectivity index (χ2v) is 5.24. The van der Waals surface area contributed by atoms with Gasteiger partial charge in [0.1, 0.15) is 6.04 Å². The van der Waals surface area contributed by atoms with E-state index in [0.29, 0.717) is 24.2 Å². The summed E-state index contributed by atoms with van der Waals surface area (Å²) < 4.78 is 1.78. The first kappa shape index (κ1) is 14.6. The molecule has 0 aromatic carbocycles. The predicted molar refractivity (Wildman–Crippen MR) is 73.6 cm³/mol. The van der Waals surface area contributed by atoms with Crippen molar-refractivity contribution in [3.63, 3.8) is 0 Å². The van der Waals surface area contributed by atoms with Crippen molar-refractivity contribution in [2.45, 2.75) is 52.1 Å². The zero-order valence-corrected chi connectivity index (χ0v) is 12.0. The lowest BCUT2D eigenvalue weighted by molar-refractivity contribution is -0.141. The summed E-state index contributed by atoms with van der Waals surface area (Å²) in [5.41, 5.74) is 1.19. The molecule has 0 bridgehead atoms. The quantitative estimate of drug-likeness (QED) is 0.889. The van der Waals surface area contributed by atoms with Crippen LogP contribution in [0.15, 0.2) is 6.20 Å². The topological polar surface area (TPSA) is 75.4 Å². The molecular formula is C14H21N3O3. The first-order valence-electron chi connectivity index (χ1n) is 7.12. The largest absolute Gasteiger partial charge is 0.480 e. The molecule has 6 heteroatoms. The van der Waals surface area contributed by atoms with Crippen LogP contribution in [0.4, 0.5) is 0 Å². The molecule has 0 spiro atoms. The van der Waals surface area contributed by atoms with Gasteiger partial charge < -0.3 is 10.0 Å². The number of rotatable bonds is 5. The van der Waals surface area contributed by atoms with Gasteiger partial charge in [-0.05, 0) is 26.2 Å². The van der Waals surface area contributed by atoms with Crippen LogP contribution in [-0.4, -0.2) is 44.3 Å². The summed E-state index contributed by atoms with van der Waals surface area (Å²) in [4.78, 5) is 25.1. The van der Waals surface area contributed by atoms with Gasteiger partial charge in [-0.25, -0.2) is 4.79 Å². The van der Waals surface area contributed by atoms with Crippen molar-refractivity contribution in [1.29, 1.82) is 0 Å². The minimum Gasteiger partial charge on any atom is -0.480 e. The normalized spacial score (nSPS) is 18.5. The molecule has 1 atom stereocenters. The van der Waals surface area contributed by atoms with E-state index in [1.54, 1.807) is 17.8 Å². The molecule has 1 amide bonds. The van der Waals surface area contributed by atoms with E-state index < -0.39 is 12.0 Å². The summed E-state index contributed by atoms with van der Waals surface area (Å²) in [7, 11) is 0. The van der Waals surface area contributed by atoms with E-state index in [-0.39, 0.29) is 5.91 Å². The Morgan fingerprint density at radius 3 is 2.90 bits per heavy atom. The SMILES string of the molecule is CCCCn1cc(C(=O)N2CCC[C@H]2C(=O)O)c(C)n1. The third kappa shape index (κ3) is 2.84. The van der Waals surface area contributed by atoms with Gasteiger partial charge in [-0.2, -0.15) is 5.10 Å². The number of aliphatic carboxylic acids is 1. The number of hydrogen-bond acceptors (Lipinski definition) is 3. The van der Waals surface area contributed by atoms with Gasteiger partial charge in [-0.1, -0.05) is 13.3 Å². The lowest BCUT2D eigenvalue weighted by atomic mass is 10.2. The molecule has 110 valence electrons. The van der Waals surface area contributed by atoms with Gasteiger partial charge >= 0.3 is 5.97 Å². The zero-order chi connectivity index (χ0) is 14.7. The number of hydrogen-bond donors (Lipinski definition) is 1. The van der Waals surface area contributed by atoms with Crippen LogP contribution in [0.2, 0.25) is 0 Å². The van der Waals surface area contributed by atoms with Crippen molar-refractivity contribution < 1.29 is 14.7 Å². The number of carbonyl (C=O) groups excluding carboxylic acids is 1. The van der Waals surface area contributed by atoms with Crippen molar-refractivity contribution in [2.24, 2.45) is 0 Å². The number of aryl methyl sites for hydroxylation is 2. The lowest BCUT2D eigenvalue weighted by Crippen LogP contribution is -2.40. The second-order valence-electron chi connectivity index (χ2n) is 5.24. The average molecular weight is 279 g/mol. The highest BCUT2D eigenvalue weighted by Gasteiger charge is 2.35. The molecule has 0 unspecified atom stereocenters. The molecule has 1 aromatic heterocycles. The third-order valence-corrected chi connectivity index (χ3v) is 3.72. The van der Waals surface area contributed by atoms with E-state index in [4.69, 9.17) is 5.11 Å². The second kappa shape index (κ2) is 6.07. The average Bonchev–Trinajstić information content (AvgIpc) is 3.02. The Bertz CT molecular complexity index is 510. The van der Waals surface area contributed by atoms with Crippen LogP contribution in [-0.2, 0) is 11.3 Å². The van der Waals surface area contributed by atoms with Crippen LogP contribution in [0.3, 0.4) is 0 Å². The van der Waals surface area contributed by atoms with E-state index in [0.717, 1.165) is 25.8 Å². The number of likely N-dealkylation sites (tertiary alicyclic amines) is 1. The first-order valence-corrected chi connectivity index (χ1v) is 7.12. The summed E-state index contributed by atoms with van der Waals surface area (Å²) in [5, 5.41) is 13.5. The van der Waals surface area contributed by atoms with Crippen molar-refractivity contribution in [3.8, 4) is 0 Å². The van der Waals surface area contributed by atoms with Crippen LogP contribution >= 0.6 is 0 Å². The summed E-state index contributed by atoms with van der Waals surface area (Å²) in [6.45, 7) is 5.19. The summed E-state index contributed by atoms with van der Waals surface area (Å²) in [6, 6.07) is -0.694. The van der Waals surface area contributed by atoms with Crippen molar-refractivity contribution in [2.75, 3.05) is 6.54 Å². The Morgan fingerprint density at radius 1 is 1.50 bits per heavy atom. The molecule has 0 radical (unpaired) electrons. The van der Waals surface area contributed by atoms with Gasteiger partial charge in [0.25, 0.3) is 5.91 Å². The van der Waals surface area contributed by atoms with Crippen LogP contribution in [0.25, 0.3) is 0 Å². The maximum Gasteiger partial charge on any atom is 0.326 e. The Balaban J connectivity index is 2.16. The fourth-order valence-electron chi connectivity index (χ4n) is 2.58. The molecule has 1 N–H and O–H groups in total. The van der Waals surface area contributed by atoms with Gasteiger partial charge in [-0.3, -0.25) is 9.48 Å². The number of carbonyl (C=O) groups is 2. The van der Waals surface area contributed by atoms with Crippen LogP contribution in [0.5, 0.6) is 0 Å². The maximum absolute atomic E-state index is 12.5. The molecule has 20 heavy (non-hydrogen) atoms. The minimum absolute atomic E-state index is 0.213. The molecule has 1 saturated heterocycles. The highest BCUT2D eigenvalue weighted by atomic mass is 16.4. The van der Waals surface area contributed by atoms with E-state index in [2.05, 4.69) is 12.0 Å².